The molecule has 2 saturated heterocycles. The van der Waals surface area contributed by atoms with E-state index >= 15 is 0 Å². The Kier molecular flexibility index (Phi) is 5.22. The van der Waals surface area contributed by atoms with Gasteiger partial charge in [-0.2, -0.15) is 0 Å². The molecule has 0 amide bonds. The lowest BCUT2D eigenvalue weighted by Crippen LogP contribution is -2.48. The standard InChI is InChI=1S/C13H27N3O/c1-15-7-8-17-13(11-15)10-14-9-12-5-3-4-6-16(12)2/h12-14H,3-11H2,1-2H3. The quantitative estimate of drug-likeness (QED) is 0.771. The number of ether oxygens (including phenoxy) is 1. The molecule has 2 heterocycles. The van der Waals surface area contributed by atoms with Gasteiger partial charge in [-0.25, -0.2) is 0 Å². The second-order valence-electron chi connectivity index (χ2n) is 5.54. The molecule has 0 bridgehead atoms. The van der Waals surface area contributed by atoms with Crippen LogP contribution in [-0.2, 0) is 4.74 Å². The lowest BCUT2D eigenvalue weighted by atomic mass is 10.0. The molecule has 2 unspecified atom stereocenters. The van der Waals surface area contributed by atoms with Crippen molar-refractivity contribution in [2.24, 2.45) is 0 Å². The smallest absolute Gasteiger partial charge is 0.0826 e. The average Bonchev–Trinajstić information content (AvgIpc) is 2.32. The van der Waals surface area contributed by atoms with E-state index in [9.17, 15) is 0 Å². The maximum absolute atomic E-state index is 5.75. The van der Waals surface area contributed by atoms with Crippen LogP contribution in [0.5, 0.6) is 0 Å². The molecule has 2 aliphatic rings. The normalized spacial score (nSPS) is 32.8. The van der Waals surface area contributed by atoms with Crippen molar-refractivity contribution in [1.82, 2.24) is 15.1 Å². The highest BCUT2D eigenvalue weighted by atomic mass is 16.5. The maximum atomic E-state index is 5.75. The molecule has 2 aliphatic heterocycles. The van der Waals surface area contributed by atoms with Gasteiger partial charge in [0.15, 0.2) is 0 Å². The van der Waals surface area contributed by atoms with Crippen LogP contribution in [0.2, 0.25) is 0 Å². The fraction of sp³-hybridized carbons (Fsp3) is 1.00. The third-order valence-corrected chi connectivity index (χ3v) is 4.02. The third kappa shape index (κ3) is 4.21. The summed E-state index contributed by atoms with van der Waals surface area (Å²) in [6.07, 6.45) is 4.47. The second-order valence-corrected chi connectivity index (χ2v) is 5.54. The van der Waals surface area contributed by atoms with Crippen molar-refractivity contribution in [3.63, 3.8) is 0 Å². The van der Waals surface area contributed by atoms with Gasteiger partial charge in [0, 0.05) is 32.2 Å². The molecule has 17 heavy (non-hydrogen) atoms. The Morgan fingerprint density at radius 2 is 2.06 bits per heavy atom. The highest BCUT2D eigenvalue weighted by Crippen LogP contribution is 2.14. The molecule has 1 N–H and O–H groups in total. The minimum atomic E-state index is 0.377. The maximum Gasteiger partial charge on any atom is 0.0826 e. The van der Waals surface area contributed by atoms with Gasteiger partial charge in [-0.15, -0.1) is 0 Å². The zero-order valence-corrected chi connectivity index (χ0v) is 11.3. The number of rotatable bonds is 4. The summed E-state index contributed by atoms with van der Waals surface area (Å²) >= 11 is 0. The molecule has 2 rings (SSSR count). The van der Waals surface area contributed by atoms with Crippen LogP contribution in [0, 0.1) is 0 Å². The predicted octanol–water partition coefficient (Wildman–Crippen LogP) is 0.391. The minimum Gasteiger partial charge on any atom is -0.374 e. The summed E-state index contributed by atoms with van der Waals surface area (Å²) in [4.78, 5) is 4.84. The van der Waals surface area contributed by atoms with Crippen LogP contribution in [0.25, 0.3) is 0 Å². The van der Waals surface area contributed by atoms with Crippen LogP contribution in [0.4, 0.5) is 0 Å². The molecule has 2 atom stereocenters. The van der Waals surface area contributed by atoms with Crippen LogP contribution in [-0.4, -0.2) is 75.4 Å². The van der Waals surface area contributed by atoms with E-state index < -0.39 is 0 Å². The van der Waals surface area contributed by atoms with Crippen molar-refractivity contribution < 1.29 is 4.74 Å². The Morgan fingerprint density at radius 1 is 1.18 bits per heavy atom. The fourth-order valence-corrected chi connectivity index (χ4v) is 2.80. The summed E-state index contributed by atoms with van der Waals surface area (Å²) in [5, 5.41) is 3.58. The number of morpholine rings is 1. The lowest BCUT2D eigenvalue weighted by molar-refractivity contribution is -0.0188. The van der Waals surface area contributed by atoms with Crippen molar-refractivity contribution in [1.29, 1.82) is 0 Å². The Bertz CT molecular complexity index is 225. The van der Waals surface area contributed by atoms with Gasteiger partial charge in [-0.3, -0.25) is 0 Å². The fourth-order valence-electron chi connectivity index (χ4n) is 2.80. The second kappa shape index (κ2) is 6.69. The van der Waals surface area contributed by atoms with Gasteiger partial charge in [0.05, 0.1) is 12.7 Å². The molecule has 4 nitrogen and oxygen atoms in total. The van der Waals surface area contributed by atoms with Gasteiger partial charge in [0.1, 0.15) is 0 Å². The highest BCUT2D eigenvalue weighted by Gasteiger charge is 2.20. The number of nitrogens with one attached hydrogen (secondary N) is 1. The molecule has 0 aliphatic carbocycles. The average molecular weight is 241 g/mol. The molecule has 2 fully saturated rings. The van der Waals surface area contributed by atoms with E-state index in [1.165, 1.54) is 25.8 Å². The first-order valence-corrected chi connectivity index (χ1v) is 6.97. The first kappa shape index (κ1) is 13.3. The molecule has 100 valence electrons. The number of hydrogen-bond acceptors (Lipinski definition) is 4. The summed E-state index contributed by atoms with van der Waals surface area (Å²) in [6.45, 7) is 6.38. The van der Waals surface area contributed by atoms with E-state index in [0.29, 0.717) is 6.10 Å². The summed E-state index contributed by atoms with van der Waals surface area (Å²) in [5.74, 6) is 0. The van der Waals surface area contributed by atoms with Crippen LogP contribution in [0.15, 0.2) is 0 Å². The van der Waals surface area contributed by atoms with Crippen molar-refractivity contribution in [2.45, 2.75) is 31.4 Å². The van der Waals surface area contributed by atoms with Gasteiger partial charge in [0.25, 0.3) is 0 Å². The van der Waals surface area contributed by atoms with Crippen molar-refractivity contribution in [3.05, 3.63) is 0 Å². The zero-order chi connectivity index (χ0) is 12.1. The van der Waals surface area contributed by atoms with Crippen molar-refractivity contribution >= 4 is 0 Å². The predicted molar refractivity (Wildman–Crippen MR) is 70.4 cm³/mol. The third-order valence-electron chi connectivity index (χ3n) is 4.02. The minimum absolute atomic E-state index is 0.377. The summed E-state index contributed by atoms with van der Waals surface area (Å²) < 4.78 is 5.75. The number of nitrogens with zero attached hydrogens (tertiary/aromatic N) is 2. The largest absolute Gasteiger partial charge is 0.374 e. The van der Waals surface area contributed by atoms with Gasteiger partial charge in [0.2, 0.25) is 0 Å². The summed E-state index contributed by atoms with van der Waals surface area (Å²) in [5.41, 5.74) is 0. The van der Waals surface area contributed by atoms with Crippen molar-refractivity contribution in [3.8, 4) is 0 Å². The first-order chi connectivity index (χ1) is 8.25. The van der Waals surface area contributed by atoms with Crippen LogP contribution < -0.4 is 5.32 Å². The first-order valence-electron chi connectivity index (χ1n) is 6.97. The molecular weight excluding hydrogens is 214 g/mol. The zero-order valence-electron chi connectivity index (χ0n) is 11.3. The summed E-state index contributed by atoms with van der Waals surface area (Å²) in [6, 6.07) is 0.727. The molecule has 0 spiro atoms. The molecule has 4 heteroatoms. The van der Waals surface area contributed by atoms with Crippen LogP contribution in [0.1, 0.15) is 19.3 Å². The Labute approximate surface area is 105 Å². The number of likely N-dealkylation sites (tertiary alicyclic amines) is 1. The van der Waals surface area contributed by atoms with Gasteiger partial charge in [-0.05, 0) is 33.5 Å². The Balaban J connectivity index is 1.61. The molecule has 0 saturated carbocycles. The van der Waals surface area contributed by atoms with Gasteiger partial charge < -0.3 is 19.9 Å². The molecule has 0 aromatic carbocycles. The topological polar surface area (TPSA) is 27.7 Å². The van der Waals surface area contributed by atoms with Gasteiger partial charge in [-0.1, -0.05) is 6.42 Å². The monoisotopic (exact) mass is 241 g/mol. The van der Waals surface area contributed by atoms with E-state index in [-0.39, 0.29) is 0 Å². The Morgan fingerprint density at radius 3 is 2.82 bits per heavy atom. The van der Waals surface area contributed by atoms with Crippen LogP contribution in [0.3, 0.4) is 0 Å². The number of likely N-dealkylation sites (N-methyl/N-ethyl adjacent to an activating group) is 2. The van der Waals surface area contributed by atoms with E-state index in [1.54, 1.807) is 0 Å². The van der Waals surface area contributed by atoms with E-state index in [4.69, 9.17) is 4.74 Å². The molecule has 0 aromatic rings. The van der Waals surface area contributed by atoms with Crippen molar-refractivity contribution in [2.75, 3.05) is 53.4 Å². The summed E-state index contributed by atoms with van der Waals surface area (Å²) in [7, 11) is 4.42. The van der Waals surface area contributed by atoms with Crippen LogP contribution >= 0.6 is 0 Å². The molecular formula is C13H27N3O. The highest BCUT2D eigenvalue weighted by molar-refractivity contribution is 4.78. The lowest BCUT2D eigenvalue weighted by Gasteiger charge is -2.34. The van der Waals surface area contributed by atoms with E-state index in [2.05, 4.69) is 29.2 Å². The molecule has 0 radical (unpaired) electrons. The van der Waals surface area contributed by atoms with E-state index in [1.807, 2.05) is 0 Å². The van der Waals surface area contributed by atoms with E-state index in [0.717, 1.165) is 38.8 Å². The Hall–Kier alpha value is -0.160. The number of hydrogen-bond donors (Lipinski definition) is 1. The van der Waals surface area contributed by atoms with Gasteiger partial charge >= 0.3 is 0 Å². The number of piperidine rings is 1. The molecule has 0 aromatic heterocycles. The SMILES string of the molecule is CN1CCOC(CNCC2CCCCN2C)C1.